The molecule has 0 saturated carbocycles. The third kappa shape index (κ3) is 4.35. The maximum atomic E-state index is 13.7. The first-order valence-corrected chi connectivity index (χ1v) is 10.8. The predicted molar refractivity (Wildman–Crippen MR) is 103 cm³/mol. The molecule has 1 saturated heterocycles. The highest BCUT2D eigenvalue weighted by Crippen LogP contribution is 2.52. The van der Waals surface area contributed by atoms with Crippen molar-refractivity contribution in [1.29, 1.82) is 0 Å². The summed E-state index contributed by atoms with van der Waals surface area (Å²) in [6.07, 6.45) is 2.43. The van der Waals surface area contributed by atoms with Crippen LogP contribution in [0.2, 0.25) is 0 Å². The lowest BCUT2D eigenvalue weighted by atomic mass is 10.3. The number of carbonyl (C=O) groups excluding carboxylic acids is 1. The van der Waals surface area contributed by atoms with E-state index in [9.17, 15) is 9.36 Å². The fraction of sp³-hybridized carbons (Fsp3) is 0.350. The number of ether oxygens (including phenoxy) is 2. The Kier molecular flexibility index (Phi) is 6.12. The van der Waals surface area contributed by atoms with E-state index in [0.717, 1.165) is 23.9 Å². The first kappa shape index (κ1) is 18.7. The summed E-state index contributed by atoms with van der Waals surface area (Å²) in [6.45, 7) is 2.84. The number of benzene rings is 2. The Hall–Kier alpha value is -2.10. The molecule has 26 heavy (non-hydrogen) atoms. The average molecular weight is 373 g/mol. The zero-order valence-corrected chi connectivity index (χ0v) is 15.9. The van der Waals surface area contributed by atoms with Crippen molar-refractivity contribution >= 4 is 18.6 Å². The molecular formula is C20H24NO4P. The summed E-state index contributed by atoms with van der Waals surface area (Å²) in [5, 5.41) is 0.766. The fourth-order valence-corrected chi connectivity index (χ4v) is 6.08. The number of para-hydroxylation sites is 1. The molecule has 1 aliphatic rings. The van der Waals surface area contributed by atoms with Crippen molar-refractivity contribution < 1.29 is 18.8 Å². The normalized spacial score (nSPS) is 20.5. The molecular weight excluding hydrogens is 349 g/mol. The van der Waals surface area contributed by atoms with Gasteiger partial charge in [0.15, 0.2) is 7.29 Å². The Morgan fingerprint density at radius 3 is 2.42 bits per heavy atom. The van der Waals surface area contributed by atoms with Gasteiger partial charge in [0.2, 0.25) is 0 Å². The van der Waals surface area contributed by atoms with Crippen molar-refractivity contribution in [3.05, 3.63) is 54.6 Å². The number of nitrogens with zero attached hydrogens (tertiary/aromatic N) is 1. The van der Waals surface area contributed by atoms with E-state index >= 15 is 0 Å². The third-order valence-corrected chi connectivity index (χ3v) is 7.70. The first-order chi connectivity index (χ1) is 12.6. The average Bonchev–Trinajstić information content (AvgIpc) is 2.65. The zero-order chi connectivity index (χ0) is 18.4. The summed E-state index contributed by atoms with van der Waals surface area (Å²) in [7, 11) is -2.78. The molecule has 1 unspecified atom stereocenters. The van der Waals surface area contributed by atoms with Crippen molar-refractivity contribution in [2.24, 2.45) is 0 Å². The van der Waals surface area contributed by atoms with Crippen molar-refractivity contribution in [2.45, 2.75) is 19.8 Å². The van der Waals surface area contributed by atoms with Gasteiger partial charge in [0.05, 0.1) is 6.61 Å². The van der Waals surface area contributed by atoms with Crippen LogP contribution in [0.5, 0.6) is 11.5 Å². The Bertz CT molecular complexity index is 776. The molecule has 0 N–H and O–H groups in total. The van der Waals surface area contributed by atoms with Gasteiger partial charge in [-0.2, -0.15) is 0 Å². The molecule has 0 spiro atoms. The highest BCUT2D eigenvalue weighted by Gasteiger charge is 2.36. The summed E-state index contributed by atoms with van der Waals surface area (Å²) < 4.78 is 26.3. The van der Waals surface area contributed by atoms with Gasteiger partial charge < -0.3 is 14.0 Å². The van der Waals surface area contributed by atoms with Crippen LogP contribution < -0.4 is 10.0 Å². The van der Waals surface area contributed by atoms with Crippen LogP contribution in [0.1, 0.15) is 19.8 Å². The fourth-order valence-electron chi connectivity index (χ4n) is 3.14. The summed E-state index contributed by atoms with van der Waals surface area (Å²) >= 11 is 0. The predicted octanol–water partition coefficient (Wildman–Crippen LogP) is 4.04. The van der Waals surface area contributed by atoms with Crippen LogP contribution in [0.25, 0.3) is 0 Å². The van der Waals surface area contributed by atoms with E-state index in [1.165, 1.54) is 0 Å². The monoisotopic (exact) mass is 373 g/mol. The molecule has 0 bridgehead atoms. The Labute approximate surface area is 154 Å². The molecule has 0 amide bonds. The number of carbonyl (C=O) groups is 1. The lowest BCUT2D eigenvalue weighted by molar-refractivity contribution is -0.143. The summed E-state index contributed by atoms with van der Waals surface area (Å²) in [5.74, 6) is 1.13. The second-order valence-corrected chi connectivity index (χ2v) is 9.17. The van der Waals surface area contributed by atoms with Gasteiger partial charge in [-0.3, -0.25) is 4.79 Å². The van der Waals surface area contributed by atoms with Gasteiger partial charge in [-0.25, -0.2) is 4.67 Å². The maximum Gasteiger partial charge on any atom is 0.320 e. The van der Waals surface area contributed by atoms with Crippen LogP contribution in [-0.2, 0) is 14.1 Å². The van der Waals surface area contributed by atoms with E-state index in [1.54, 1.807) is 6.92 Å². The van der Waals surface area contributed by atoms with Crippen molar-refractivity contribution in [3.8, 4) is 11.5 Å². The Morgan fingerprint density at radius 1 is 1.04 bits per heavy atom. The quantitative estimate of drug-likeness (QED) is 0.565. The van der Waals surface area contributed by atoms with Crippen LogP contribution in [0, 0.1) is 0 Å². The summed E-state index contributed by atoms with van der Waals surface area (Å²) in [5.41, 5.74) is 0. The Morgan fingerprint density at radius 2 is 1.73 bits per heavy atom. The number of rotatable bonds is 6. The van der Waals surface area contributed by atoms with Gasteiger partial charge in [0, 0.05) is 18.0 Å². The topological polar surface area (TPSA) is 55.8 Å². The third-order valence-electron chi connectivity index (χ3n) is 4.42. The number of esters is 1. The second kappa shape index (κ2) is 8.52. The minimum absolute atomic E-state index is 0.0768. The van der Waals surface area contributed by atoms with E-state index in [1.807, 2.05) is 59.3 Å². The van der Waals surface area contributed by atoms with E-state index in [-0.39, 0.29) is 12.5 Å². The summed E-state index contributed by atoms with van der Waals surface area (Å²) in [6, 6.07) is 16.9. The van der Waals surface area contributed by atoms with E-state index < -0.39 is 7.29 Å². The van der Waals surface area contributed by atoms with Gasteiger partial charge >= 0.3 is 5.97 Å². The van der Waals surface area contributed by atoms with Crippen molar-refractivity contribution in [1.82, 2.24) is 4.67 Å². The van der Waals surface area contributed by atoms with Crippen LogP contribution >= 0.6 is 7.29 Å². The standard InChI is InChI=1S/C20H24NO4P/c1-2-24-20(22)16-21-14-6-7-15-26(21,23)19-12-10-18(11-13-19)25-17-8-4-3-5-9-17/h3-5,8-13H,2,6-7,14-16H2,1H3. The van der Waals surface area contributed by atoms with Crippen LogP contribution in [0.4, 0.5) is 0 Å². The van der Waals surface area contributed by atoms with E-state index in [4.69, 9.17) is 9.47 Å². The molecule has 6 heteroatoms. The molecule has 138 valence electrons. The first-order valence-electron chi connectivity index (χ1n) is 8.95. The highest BCUT2D eigenvalue weighted by molar-refractivity contribution is 7.69. The molecule has 3 rings (SSSR count). The largest absolute Gasteiger partial charge is 0.465 e. The van der Waals surface area contributed by atoms with Crippen molar-refractivity contribution in [2.75, 3.05) is 25.9 Å². The van der Waals surface area contributed by atoms with Gasteiger partial charge in [0.25, 0.3) is 0 Å². The molecule has 1 fully saturated rings. The molecule has 5 nitrogen and oxygen atoms in total. The summed E-state index contributed by atoms with van der Waals surface area (Å²) in [4.78, 5) is 11.9. The lowest BCUT2D eigenvalue weighted by Crippen LogP contribution is -2.36. The van der Waals surface area contributed by atoms with Gasteiger partial charge in [-0.05, 0) is 56.2 Å². The lowest BCUT2D eigenvalue weighted by Gasteiger charge is -2.35. The molecule has 1 heterocycles. The molecule has 2 aromatic rings. The minimum Gasteiger partial charge on any atom is -0.465 e. The van der Waals surface area contributed by atoms with Crippen LogP contribution in [-0.4, -0.2) is 36.5 Å². The zero-order valence-electron chi connectivity index (χ0n) is 15.0. The van der Waals surface area contributed by atoms with Crippen LogP contribution in [0.15, 0.2) is 54.6 Å². The highest BCUT2D eigenvalue weighted by atomic mass is 31.2. The molecule has 1 atom stereocenters. The SMILES string of the molecule is CCOC(=O)CN1CCCCP1(=O)c1ccc(Oc2ccccc2)cc1. The minimum atomic E-state index is -2.78. The van der Waals surface area contributed by atoms with Crippen LogP contribution in [0.3, 0.4) is 0 Å². The number of hydrogen-bond donors (Lipinski definition) is 0. The Balaban J connectivity index is 1.76. The molecule has 2 aromatic carbocycles. The molecule has 0 aliphatic carbocycles. The molecule has 0 aromatic heterocycles. The number of hydrogen-bond acceptors (Lipinski definition) is 4. The second-order valence-electron chi connectivity index (χ2n) is 6.23. The van der Waals surface area contributed by atoms with Gasteiger partial charge in [-0.1, -0.05) is 18.2 Å². The van der Waals surface area contributed by atoms with Crippen molar-refractivity contribution in [3.63, 3.8) is 0 Å². The van der Waals surface area contributed by atoms with E-state index in [0.29, 0.717) is 25.1 Å². The molecule has 1 aliphatic heterocycles. The van der Waals surface area contributed by atoms with Gasteiger partial charge in [0.1, 0.15) is 18.0 Å². The smallest absolute Gasteiger partial charge is 0.320 e. The maximum absolute atomic E-state index is 13.7. The van der Waals surface area contributed by atoms with Gasteiger partial charge in [-0.15, -0.1) is 0 Å². The molecule has 0 radical (unpaired) electrons. The van der Waals surface area contributed by atoms with E-state index in [2.05, 4.69) is 0 Å².